The quantitative estimate of drug-likeness (QED) is 0.861. The fourth-order valence-corrected chi connectivity index (χ4v) is 3.30. The van der Waals surface area contributed by atoms with Crippen LogP contribution in [0.4, 0.5) is 11.6 Å². The smallest absolute Gasteiger partial charge is 0.137 e. The lowest BCUT2D eigenvalue weighted by atomic mass is 9.94. The Morgan fingerprint density at radius 1 is 1.10 bits per heavy atom. The van der Waals surface area contributed by atoms with Gasteiger partial charge < -0.3 is 10.2 Å². The molecule has 0 aliphatic heterocycles. The van der Waals surface area contributed by atoms with Crippen LogP contribution in [0.25, 0.3) is 0 Å². The molecule has 118 valence electrons. The first-order chi connectivity index (χ1) is 10.2. The van der Waals surface area contributed by atoms with E-state index >= 15 is 0 Å². The molecule has 1 saturated carbocycles. The van der Waals surface area contributed by atoms with E-state index in [2.05, 4.69) is 42.9 Å². The number of nitrogens with zero attached hydrogens (tertiary/aromatic N) is 3. The van der Waals surface area contributed by atoms with Crippen LogP contribution in [0.2, 0.25) is 0 Å². The van der Waals surface area contributed by atoms with E-state index < -0.39 is 0 Å². The highest BCUT2D eigenvalue weighted by Gasteiger charge is 2.24. The molecule has 21 heavy (non-hydrogen) atoms. The fourth-order valence-electron chi connectivity index (χ4n) is 3.30. The molecule has 1 heterocycles. The molecular formula is C17H30N4. The van der Waals surface area contributed by atoms with Crippen LogP contribution in [0.3, 0.4) is 0 Å². The average molecular weight is 290 g/mol. The Kier molecular flexibility index (Phi) is 5.83. The molecule has 0 saturated heterocycles. The van der Waals surface area contributed by atoms with Gasteiger partial charge in [-0.25, -0.2) is 9.97 Å². The molecule has 0 spiro atoms. The summed E-state index contributed by atoms with van der Waals surface area (Å²) < 4.78 is 0. The zero-order valence-electron chi connectivity index (χ0n) is 14.1. The summed E-state index contributed by atoms with van der Waals surface area (Å²) in [6.45, 7) is 10.6. The molecule has 1 aromatic heterocycles. The highest BCUT2D eigenvalue weighted by atomic mass is 15.2. The summed E-state index contributed by atoms with van der Waals surface area (Å²) in [5.74, 6) is 3.10. The number of anilines is 2. The summed E-state index contributed by atoms with van der Waals surface area (Å²) in [5, 5.41) is 3.40. The second-order valence-corrected chi connectivity index (χ2v) is 5.90. The van der Waals surface area contributed by atoms with Crippen molar-refractivity contribution < 1.29 is 0 Å². The van der Waals surface area contributed by atoms with Gasteiger partial charge in [0.15, 0.2) is 0 Å². The third kappa shape index (κ3) is 3.66. The van der Waals surface area contributed by atoms with Crippen molar-refractivity contribution in [1.29, 1.82) is 0 Å². The van der Waals surface area contributed by atoms with Gasteiger partial charge in [0.1, 0.15) is 17.5 Å². The number of aromatic nitrogens is 2. The molecule has 1 N–H and O–H groups in total. The van der Waals surface area contributed by atoms with Gasteiger partial charge in [-0.1, -0.05) is 26.2 Å². The number of nitrogens with one attached hydrogen (secondary N) is 1. The van der Waals surface area contributed by atoms with Gasteiger partial charge >= 0.3 is 0 Å². The zero-order valence-corrected chi connectivity index (χ0v) is 14.1. The SMILES string of the molecule is CCNc1nc(CC)nc(N(CC)C2CCCCC2)c1C. The molecule has 4 heteroatoms. The first-order valence-electron chi connectivity index (χ1n) is 8.59. The molecule has 4 nitrogen and oxygen atoms in total. The minimum Gasteiger partial charge on any atom is -0.370 e. The lowest BCUT2D eigenvalue weighted by Crippen LogP contribution is -2.38. The maximum Gasteiger partial charge on any atom is 0.137 e. The molecule has 1 aliphatic carbocycles. The van der Waals surface area contributed by atoms with Crippen LogP contribution in [0, 0.1) is 6.92 Å². The molecule has 1 aromatic rings. The van der Waals surface area contributed by atoms with Crippen LogP contribution >= 0.6 is 0 Å². The number of hydrogen-bond donors (Lipinski definition) is 1. The highest BCUT2D eigenvalue weighted by molar-refractivity contribution is 5.59. The Bertz CT molecular complexity index is 452. The number of hydrogen-bond acceptors (Lipinski definition) is 4. The van der Waals surface area contributed by atoms with Gasteiger partial charge in [-0.3, -0.25) is 0 Å². The van der Waals surface area contributed by atoms with E-state index in [-0.39, 0.29) is 0 Å². The standard InChI is InChI=1S/C17H30N4/c1-5-15-19-16(18-6-2)13(4)17(20-15)21(7-3)14-11-9-8-10-12-14/h14H,5-12H2,1-4H3,(H,18,19,20). The second-order valence-electron chi connectivity index (χ2n) is 5.90. The molecule has 0 radical (unpaired) electrons. The Labute approximate surface area is 129 Å². The third-order valence-electron chi connectivity index (χ3n) is 4.46. The maximum absolute atomic E-state index is 4.85. The normalized spacial score (nSPS) is 16.0. The molecule has 1 fully saturated rings. The van der Waals surface area contributed by atoms with E-state index in [1.807, 2.05) is 0 Å². The first-order valence-corrected chi connectivity index (χ1v) is 8.59. The molecule has 0 aromatic carbocycles. The van der Waals surface area contributed by atoms with Crippen LogP contribution in [-0.4, -0.2) is 29.1 Å². The van der Waals surface area contributed by atoms with Crippen molar-refractivity contribution in [3.63, 3.8) is 0 Å². The fraction of sp³-hybridized carbons (Fsp3) is 0.765. The monoisotopic (exact) mass is 290 g/mol. The van der Waals surface area contributed by atoms with Crippen molar-refractivity contribution in [3.05, 3.63) is 11.4 Å². The van der Waals surface area contributed by atoms with E-state index in [4.69, 9.17) is 4.98 Å². The third-order valence-corrected chi connectivity index (χ3v) is 4.46. The number of aryl methyl sites for hydroxylation is 1. The van der Waals surface area contributed by atoms with Gasteiger partial charge in [0.05, 0.1) is 0 Å². The first kappa shape index (κ1) is 16.1. The summed E-state index contributed by atoms with van der Waals surface area (Å²) >= 11 is 0. The predicted octanol–water partition coefficient (Wildman–Crippen LogP) is 3.94. The molecule has 0 unspecified atom stereocenters. The Hall–Kier alpha value is -1.32. The summed E-state index contributed by atoms with van der Waals surface area (Å²) in [4.78, 5) is 12.0. The van der Waals surface area contributed by atoms with Crippen molar-refractivity contribution in [2.45, 2.75) is 72.3 Å². The summed E-state index contributed by atoms with van der Waals surface area (Å²) in [6, 6.07) is 0.650. The van der Waals surface area contributed by atoms with E-state index in [1.165, 1.54) is 37.7 Å². The Morgan fingerprint density at radius 2 is 1.81 bits per heavy atom. The molecular weight excluding hydrogens is 260 g/mol. The topological polar surface area (TPSA) is 41.1 Å². The van der Waals surface area contributed by atoms with Crippen LogP contribution in [-0.2, 0) is 6.42 Å². The predicted molar refractivity (Wildman–Crippen MR) is 90.2 cm³/mol. The minimum absolute atomic E-state index is 0.650. The Balaban J connectivity index is 2.36. The van der Waals surface area contributed by atoms with Crippen LogP contribution in [0.5, 0.6) is 0 Å². The number of rotatable bonds is 6. The summed E-state index contributed by atoms with van der Waals surface area (Å²) in [7, 11) is 0. The van der Waals surface area contributed by atoms with E-state index in [1.54, 1.807) is 0 Å². The summed E-state index contributed by atoms with van der Waals surface area (Å²) in [5.41, 5.74) is 1.20. The van der Waals surface area contributed by atoms with E-state index in [0.29, 0.717) is 6.04 Å². The Morgan fingerprint density at radius 3 is 2.38 bits per heavy atom. The van der Waals surface area contributed by atoms with Crippen molar-refractivity contribution in [3.8, 4) is 0 Å². The van der Waals surface area contributed by atoms with Gasteiger partial charge in [-0.2, -0.15) is 0 Å². The molecule has 2 rings (SSSR count). The highest BCUT2D eigenvalue weighted by Crippen LogP contribution is 2.30. The molecule has 0 amide bonds. The average Bonchev–Trinajstić information content (AvgIpc) is 2.52. The lowest BCUT2D eigenvalue weighted by molar-refractivity contribution is 0.415. The van der Waals surface area contributed by atoms with Crippen LogP contribution < -0.4 is 10.2 Å². The maximum atomic E-state index is 4.85. The van der Waals surface area contributed by atoms with Gasteiger partial charge in [-0.05, 0) is 33.6 Å². The molecule has 0 bridgehead atoms. The minimum atomic E-state index is 0.650. The summed E-state index contributed by atoms with van der Waals surface area (Å²) in [6.07, 6.45) is 7.58. The largest absolute Gasteiger partial charge is 0.370 e. The van der Waals surface area contributed by atoms with Gasteiger partial charge in [-0.15, -0.1) is 0 Å². The van der Waals surface area contributed by atoms with E-state index in [0.717, 1.165) is 37.0 Å². The van der Waals surface area contributed by atoms with Gasteiger partial charge in [0.2, 0.25) is 0 Å². The molecule has 0 atom stereocenters. The van der Waals surface area contributed by atoms with Gasteiger partial charge in [0, 0.05) is 31.1 Å². The van der Waals surface area contributed by atoms with Crippen molar-refractivity contribution in [1.82, 2.24) is 9.97 Å². The van der Waals surface area contributed by atoms with Crippen molar-refractivity contribution >= 4 is 11.6 Å². The van der Waals surface area contributed by atoms with Crippen LogP contribution in [0.1, 0.15) is 64.3 Å². The van der Waals surface area contributed by atoms with Crippen molar-refractivity contribution in [2.24, 2.45) is 0 Å². The molecule has 1 aliphatic rings. The van der Waals surface area contributed by atoms with Crippen LogP contribution in [0.15, 0.2) is 0 Å². The zero-order chi connectivity index (χ0) is 15.2. The van der Waals surface area contributed by atoms with Gasteiger partial charge in [0.25, 0.3) is 0 Å². The lowest BCUT2D eigenvalue weighted by Gasteiger charge is -2.35. The van der Waals surface area contributed by atoms with E-state index in [9.17, 15) is 0 Å². The second kappa shape index (κ2) is 7.62. The van der Waals surface area contributed by atoms with Crippen molar-refractivity contribution in [2.75, 3.05) is 23.3 Å².